The Bertz CT molecular complexity index is 7450. The largest absolute Gasteiger partial charge is 0.104 e. The summed E-state index contributed by atoms with van der Waals surface area (Å²) in [5, 5.41) is 88.6. The molecule has 0 bridgehead atoms. The first-order chi connectivity index (χ1) is 33.4. The van der Waals surface area contributed by atoms with E-state index in [0.29, 0.717) is 0 Å². The first-order valence-corrected chi connectivity index (χ1v) is 24.9. The maximum atomic E-state index is 4.52. The monoisotopic (exact) mass is 808 g/mol. The van der Waals surface area contributed by atoms with Gasteiger partial charge in [0.2, 0.25) is 0 Å². The number of rotatable bonds is 0. The molecule has 0 amide bonds. The Labute approximate surface area is 363 Å². The Balaban J connectivity index is 1.22. The Hall–Kier alpha value is -8.72. The molecule has 0 saturated carbocycles. The molecular weight excluding hydrogens is 805 g/mol. The van der Waals surface area contributed by atoms with E-state index in [-0.39, 0.29) is 5.92 Å². The molecule has 0 radical (unpaired) electrons. The molecule has 2 unspecified atom stereocenters. The molecule has 33 rings (SSSR count). The first kappa shape index (κ1) is 24.0. The van der Waals surface area contributed by atoms with Gasteiger partial charge in [0, 0.05) is 5.92 Å². The highest BCUT2D eigenvalue weighted by molar-refractivity contribution is 6.82. The summed E-state index contributed by atoms with van der Waals surface area (Å²) in [6.07, 6.45) is 6.45. The fourth-order valence-electron chi connectivity index (χ4n) is 24.0. The Morgan fingerprint density at radius 1 is 0.269 bits per heavy atom. The van der Waals surface area contributed by atoms with Gasteiger partial charge < -0.3 is 0 Å². The van der Waals surface area contributed by atoms with E-state index >= 15 is 0 Å². The molecule has 0 nitrogen and oxygen atoms in total. The molecule has 0 aromatic heterocycles. The van der Waals surface area contributed by atoms with Crippen LogP contribution in [0.3, 0.4) is 0 Å². The van der Waals surface area contributed by atoms with Crippen molar-refractivity contribution in [3.8, 4) is 11.8 Å². The summed E-state index contributed by atoms with van der Waals surface area (Å²) in [6.45, 7) is 0. The lowest BCUT2D eigenvalue weighted by atomic mass is 9.59. The summed E-state index contributed by atoms with van der Waals surface area (Å²) in [5.74, 6) is 8.69. The lowest BCUT2D eigenvalue weighted by Crippen LogP contribution is -2.34. The Morgan fingerprint density at radius 3 is 0.821 bits per heavy atom. The maximum absolute atomic E-state index is 4.52. The average molecular weight is 809 g/mol. The third kappa shape index (κ3) is 1.28. The fourth-order valence-corrected chi connectivity index (χ4v) is 24.0. The summed E-state index contributed by atoms with van der Waals surface area (Å²) in [5.41, 5.74) is 10.7. The molecule has 28 aromatic rings. The molecule has 0 heteroatoms. The van der Waals surface area contributed by atoms with Crippen LogP contribution in [0.5, 0.6) is 0 Å². The number of hydrogen-bond donors (Lipinski definition) is 0. The highest BCUT2D eigenvalue weighted by Gasteiger charge is 2.63. The quantitative estimate of drug-likeness (QED) is 0.0813. The molecule has 0 N–H and O–H groups in total. The van der Waals surface area contributed by atoms with E-state index in [1.807, 2.05) is 0 Å². The number of allylic oxidation sites excluding steroid dienone is 3. The van der Waals surface area contributed by atoms with Crippen molar-refractivity contribution in [3.05, 3.63) is 51.8 Å². The average Bonchev–Trinajstić information content (AvgIpc) is 4.20. The van der Waals surface area contributed by atoms with E-state index < -0.39 is 5.41 Å². The minimum Gasteiger partial charge on any atom is -0.104 e. The first-order valence-electron chi connectivity index (χ1n) is 24.9. The van der Waals surface area contributed by atoms with E-state index in [1.54, 1.807) is 313 Å². The Kier molecular flexibility index (Phi) is 1.93. The zero-order valence-electron chi connectivity index (χ0n) is 33.8. The van der Waals surface area contributed by atoms with Crippen LogP contribution in [0, 0.1) is 11.8 Å². The van der Waals surface area contributed by atoms with Crippen molar-refractivity contribution in [2.75, 3.05) is 0 Å². The molecule has 28 aromatic carbocycles. The lowest BCUT2D eigenvalue weighted by Gasteiger charge is -2.40. The fraction of sp³-hybridized carbons (Fsp3) is 0.0299. The van der Waals surface area contributed by atoms with Crippen molar-refractivity contribution in [1.82, 2.24) is 0 Å². The van der Waals surface area contributed by atoms with Crippen LogP contribution >= 0.6 is 0 Å². The third-order valence-corrected chi connectivity index (χ3v) is 24.1. The summed E-state index contributed by atoms with van der Waals surface area (Å²) in [7, 11) is 0. The van der Waals surface area contributed by atoms with Crippen molar-refractivity contribution in [2.45, 2.75) is 11.3 Å². The zero-order valence-corrected chi connectivity index (χ0v) is 33.8. The molecule has 5 aliphatic carbocycles. The van der Waals surface area contributed by atoms with Gasteiger partial charge in [-0.2, -0.15) is 0 Å². The van der Waals surface area contributed by atoms with Gasteiger partial charge in [-0.1, -0.05) is 17.9 Å². The van der Waals surface area contributed by atoms with Gasteiger partial charge in [-0.05, 0) is 325 Å². The van der Waals surface area contributed by atoms with Crippen molar-refractivity contribution >= 4 is 291 Å². The van der Waals surface area contributed by atoms with Gasteiger partial charge in [0.1, 0.15) is 0 Å². The summed E-state index contributed by atoms with van der Waals surface area (Å²) in [6, 6.07) is 0. The molecule has 0 aliphatic heterocycles. The van der Waals surface area contributed by atoms with Crippen LogP contribution in [-0.4, -0.2) is 0 Å². The zero-order chi connectivity index (χ0) is 39.4. The van der Waals surface area contributed by atoms with E-state index in [1.165, 1.54) is 0 Å². The van der Waals surface area contributed by atoms with Gasteiger partial charge in [0.25, 0.3) is 0 Å². The van der Waals surface area contributed by atoms with E-state index in [2.05, 4.69) is 35.8 Å². The van der Waals surface area contributed by atoms with Crippen LogP contribution in [-0.2, 0) is 5.41 Å². The predicted molar refractivity (Wildman–Crippen MR) is 283 cm³/mol. The maximum Gasteiger partial charge on any atom is 0.0950 e. The second kappa shape index (κ2) is 5.40. The van der Waals surface area contributed by atoms with Crippen LogP contribution in [0.2, 0.25) is 0 Å². The van der Waals surface area contributed by atoms with Crippen molar-refractivity contribution in [1.29, 1.82) is 0 Å². The Morgan fingerprint density at radius 2 is 0.493 bits per heavy atom. The molecule has 0 heterocycles. The second-order valence-corrected chi connectivity index (χ2v) is 24.4. The summed E-state index contributed by atoms with van der Waals surface area (Å²) < 4.78 is 0. The molecule has 67 heavy (non-hydrogen) atoms. The summed E-state index contributed by atoms with van der Waals surface area (Å²) >= 11 is 0. The van der Waals surface area contributed by atoms with Crippen molar-refractivity contribution < 1.29 is 0 Å². The van der Waals surface area contributed by atoms with Gasteiger partial charge in [0.05, 0.1) is 11.0 Å². The standard InChI is InChI=1S/C67H4/c1-2-4-7(3-1)5-6-67-64-60-54-40-32-24-12-9-8-10-13(12)25-27-23-17(10)19-15-11(8)14-18-16(9)22-26(24)38(40)46-44-30(22)28(18)36-34-20(14)21(15)35-37-29(19)31(23)45-47-39(27)41(33(25)32)55(54)61(64)57(47)59-51(45)49(37)53-43(35)42(34)52-48(36)50(44)58(56(46)60)65(67)62(52)63(53)66(59)67/h1-3,65H. The molecule has 0 saturated heterocycles. The second-order valence-electron chi connectivity index (χ2n) is 24.4. The van der Waals surface area contributed by atoms with Crippen LogP contribution < -0.4 is 0 Å². The van der Waals surface area contributed by atoms with E-state index in [9.17, 15) is 0 Å². The third-order valence-electron chi connectivity index (χ3n) is 24.1. The molecule has 2 atom stereocenters. The molecule has 5 aliphatic rings. The number of hydrogen-bond acceptors (Lipinski definition) is 0. The SMILES string of the molecule is C1=CC=CC=1C#CC12c3c4c5c6c7c8c(c9c%10c1c1c%11c3c3c%12c4c4c6c6c7c7c%13c8c9c8c9c%10c1c1c%10c%11c3c3c%11c%12c4c4c6c6c7c7c%13c8c8c9c1c1c%10c3c3c%11c4c6c4c7c8c1c34)C52. The minimum absolute atomic E-state index is 0.153. The predicted octanol–water partition coefficient (Wildman–Crippen LogP) is 17.8. The van der Waals surface area contributed by atoms with Crippen LogP contribution in [0.25, 0.3) is 291 Å². The van der Waals surface area contributed by atoms with Crippen molar-refractivity contribution in [3.63, 3.8) is 0 Å². The van der Waals surface area contributed by atoms with Gasteiger partial charge in [-0.3, -0.25) is 0 Å². The van der Waals surface area contributed by atoms with Gasteiger partial charge >= 0.3 is 0 Å². The van der Waals surface area contributed by atoms with E-state index in [0.717, 1.165) is 5.57 Å². The normalized spacial score (nSPS) is 21.6. The molecule has 0 spiro atoms. The van der Waals surface area contributed by atoms with Gasteiger partial charge in [-0.15, -0.1) is 5.73 Å². The summed E-state index contributed by atoms with van der Waals surface area (Å²) in [4.78, 5) is 0. The smallest absolute Gasteiger partial charge is 0.0950 e. The van der Waals surface area contributed by atoms with Crippen LogP contribution in [0.4, 0.5) is 0 Å². The topological polar surface area (TPSA) is 0 Å². The van der Waals surface area contributed by atoms with Gasteiger partial charge in [0.15, 0.2) is 0 Å². The van der Waals surface area contributed by atoms with Crippen LogP contribution in [0.1, 0.15) is 28.2 Å². The molecular formula is C67H4. The molecule has 0 fully saturated rings. The highest BCUT2D eigenvalue weighted by atomic mass is 14.6. The van der Waals surface area contributed by atoms with E-state index in [4.69, 9.17) is 0 Å². The number of benzene rings is 17. The van der Waals surface area contributed by atoms with Gasteiger partial charge in [-0.25, -0.2) is 0 Å². The van der Waals surface area contributed by atoms with Crippen molar-refractivity contribution in [2.24, 2.45) is 0 Å². The molecule has 272 valence electrons. The minimum atomic E-state index is -0.503. The van der Waals surface area contributed by atoms with Crippen LogP contribution in [0.15, 0.2) is 29.5 Å². The lowest BCUT2D eigenvalue weighted by molar-refractivity contribution is 0.624. The highest BCUT2D eigenvalue weighted by Crippen LogP contribution is 2.83.